The Balaban J connectivity index is 1.64. The van der Waals surface area contributed by atoms with Crippen LogP contribution in [0.2, 0.25) is 0 Å². The maximum Gasteiger partial charge on any atom is 0.471 e. The van der Waals surface area contributed by atoms with E-state index in [4.69, 9.17) is 0 Å². The predicted molar refractivity (Wildman–Crippen MR) is 87.7 cm³/mol. The van der Waals surface area contributed by atoms with Gasteiger partial charge in [-0.25, -0.2) is 0 Å². The molecule has 1 heterocycles. The molecule has 0 saturated carbocycles. The lowest BCUT2D eigenvalue weighted by Crippen LogP contribution is -2.11. The number of hydrogen-bond acceptors (Lipinski definition) is 4. The Kier molecular flexibility index (Phi) is 4.75. The van der Waals surface area contributed by atoms with Gasteiger partial charge in [0.25, 0.3) is 5.91 Å². The molecule has 1 amide bonds. The molecule has 1 N–H and O–H groups in total. The number of nitrogens with zero attached hydrogens (tertiary/aromatic N) is 2. The second-order valence-electron chi connectivity index (χ2n) is 5.71. The van der Waals surface area contributed by atoms with E-state index in [1.54, 1.807) is 36.4 Å². The van der Waals surface area contributed by atoms with E-state index in [-0.39, 0.29) is 18.2 Å². The van der Waals surface area contributed by atoms with Gasteiger partial charge in [0.05, 0.1) is 0 Å². The van der Waals surface area contributed by atoms with E-state index in [0.29, 0.717) is 16.8 Å². The molecule has 0 bridgehead atoms. The van der Waals surface area contributed by atoms with E-state index in [0.717, 1.165) is 5.56 Å². The van der Waals surface area contributed by atoms with Crippen LogP contribution in [0.1, 0.15) is 33.2 Å². The van der Waals surface area contributed by atoms with Crippen molar-refractivity contribution in [3.63, 3.8) is 0 Å². The molecular formula is C18H14F3N3O2. The molecule has 0 aliphatic carbocycles. The molecule has 0 unspecified atom stereocenters. The summed E-state index contributed by atoms with van der Waals surface area (Å²) in [6, 6.07) is 13.8. The summed E-state index contributed by atoms with van der Waals surface area (Å²) in [7, 11) is 0. The van der Waals surface area contributed by atoms with Crippen molar-refractivity contribution in [3.8, 4) is 0 Å². The number of nitrogens with one attached hydrogen (secondary N) is 1. The van der Waals surface area contributed by atoms with E-state index < -0.39 is 12.1 Å². The fourth-order valence-electron chi connectivity index (χ4n) is 2.24. The number of carbonyl (C=O) groups is 1. The van der Waals surface area contributed by atoms with Crippen LogP contribution in [-0.4, -0.2) is 16.0 Å². The van der Waals surface area contributed by atoms with Crippen LogP contribution in [0, 0.1) is 6.92 Å². The van der Waals surface area contributed by atoms with Crippen molar-refractivity contribution in [2.24, 2.45) is 0 Å². The van der Waals surface area contributed by atoms with Gasteiger partial charge in [-0.1, -0.05) is 35.0 Å². The molecule has 2 aromatic carbocycles. The van der Waals surface area contributed by atoms with E-state index >= 15 is 0 Å². The molecule has 0 atom stereocenters. The lowest BCUT2D eigenvalue weighted by atomic mass is 10.1. The topological polar surface area (TPSA) is 68.0 Å². The smallest absolute Gasteiger partial charge is 0.329 e. The standard InChI is InChI=1S/C18H14F3N3O2/c1-11-2-6-13(7-3-11)16(25)22-14-8-4-12(5-9-14)10-15-23-17(26-24-15)18(19,20)21/h2-9H,10H2,1H3,(H,22,25). The number of rotatable bonds is 4. The highest BCUT2D eigenvalue weighted by Gasteiger charge is 2.38. The number of amides is 1. The summed E-state index contributed by atoms with van der Waals surface area (Å²) in [6.45, 7) is 1.93. The predicted octanol–water partition coefficient (Wildman–Crippen LogP) is 4.24. The summed E-state index contributed by atoms with van der Waals surface area (Å²) in [4.78, 5) is 15.5. The number of alkyl halides is 3. The highest BCUT2D eigenvalue weighted by molar-refractivity contribution is 6.04. The molecule has 0 fully saturated rings. The van der Waals surface area contributed by atoms with Gasteiger partial charge in [0.2, 0.25) is 0 Å². The number of halogens is 3. The Morgan fingerprint density at radius 2 is 1.73 bits per heavy atom. The monoisotopic (exact) mass is 361 g/mol. The van der Waals surface area contributed by atoms with Crippen LogP contribution in [0.15, 0.2) is 53.1 Å². The lowest BCUT2D eigenvalue weighted by Gasteiger charge is -2.06. The van der Waals surface area contributed by atoms with Crippen LogP contribution < -0.4 is 5.32 Å². The van der Waals surface area contributed by atoms with Crippen molar-refractivity contribution >= 4 is 11.6 Å². The van der Waals surface area contributed by atoms with Gasteiger partial charge in [0.1, 0.15) is 0 Å². The Hall–Kier alpha value is -3.16. The highest BCUT2D eigenvalue weighted by Crippen LogP contribution is 2.27. The molecule has 1 aromatic heterocycles. The average molecular weight is 361 g/mol. The van der Waals surface area contributed by atoms with Crippen molar-refractivity contribution in [3.05, 3.63) is 76.9 Å². The van der Waals surface area contributed by atoms with Gasteiger partial charge in [-0.05, 0) is 36.8 Å². The average Bonchev–Trinajstić information content (AvgIpc) is 3.06. The molecule has 3 rings (SSSR count). The van der Waals surface area contributed by atoms with Crippen LogP contribution in [0.4, 0.5) is 18.9 Å². The second kappa shape index (κ2) is 6.99. The van der Waals surface area contributed by atoms with Crippen LogP contribution in [0.3, 0.4) is 0 Å². The van der Waals surface area contributed by atoms with Gasteiger partial charge in [-0.15, -0.1) is 0 Å². The fraction of sp³-hybridized carbons (Fsp3) is 0.167. The summed E-state index contributed by atoms with van der Waals surface area (Å²) < 4.78 is 41.5. The summed E-state index contributed by atoms with van der Waals surface area (Å²) in [5.41, 5.74) is 2.85. The first-order valence-corrected chi connectivity index (χ1v) is 7.68. The molecule has 0 aliphatic heterocycles. The highest BCUT2D eigenvalue weighted by atomic mass is 19.4. The molecule has 5 nitrogen and oxygen atoms in total. The zero-order valence-corrected chi connectivity index (χ0v) is 13.7. The van der Waals surface area contributed by atoms with Crippen LogP contribution in [0.25, 0.3) is 0 Å². The quantitative estimate of drug-likeness (QED) is 0.755. The van der Waals surface area contributed by atoms with Gasteiger partial charge in [-0.2, -0.15) is 18.2 Å². The maximum absolute atomic E-state index is 12.4. The first-order valence-electron chi connectivity index (χ1n) is 7.68. The van der Waals surface area contributed by atoms with Crippen molar-refractivity contribution in [2.75, 3.05) is 5.32 Å². The first-order chi connectivity index (χ1) is 12.3. The summed E-state index contributed by atoms with van der Waals surface area (Å²) >= 11 is 0. The molecule has 8 heteroatoms. The summed E-state index contributed by atoms with van der Waals surface area (Å²) in [6.07, 6.45) is -4.57. The Morgan fingerprint density at radius 1 is 1.08 bits per heavy atom. The second-order valence-corrected chi connectivity index (χ2v) is 5.71. The minimum atomic E-state index is -4.66. The van der Waals surface area contributed by atoms with Gasteiger partial charge < -0.3 is 9.84 Å². The first kappa shape index (κ1) is 17.7. The summed E-state index contributed by atoms with van der Waals surface area (Å²) in [5, 5.41) is 6.07. The molecule has 3 aromatic rings. The number of anilines is 1. The third kappa shape index (κ3) is 4.27. The van der Waals surface area contributed by atoms with E-state index in [1.807, 2.05) is 19.1 Å². The number of hydrogen-bond donors (Lipinski definition) is 1. The maximum atomic E-state index is 12.4. The molecule has 0 saturated heterocycles. The Bertz CT molecular complexity index is 901. The van der Waals surface area contributed by atoms with E-state index in [1.165, 1.54) is 0 Å². The largest absolute Gasteiger partial charge is 0.471 e. The van der Waals surface area contributed by atoms with Gasteiger partial charge in [0.15, 0.2) is 5.82 Å². The minimum absolute atomic E-state index is 0.0613. The number of benzene rings is 2. The van der Waals surface area contributed by atoms with Crippen molar-refractivity contribution in [1.29, 1.82) is 0 Å². The molecule has 26 heavy (non-hydrogen) atoms. The van der Waals surface area contributed by atoms with Crippen molar-refractivity contribution in [1.82, 2.24) is 10.1 Å². The van der Waals surface area contributed by atoms with Crippen molar-refractivity contribution < 1.29 is 22.5 Å². The van der Waals surface area contributed by atoms with Gasteiger partial charge >= 0.3 is 12.1 Å². The SMILES string of the molecule is Cc1ccc(C(=O)Nc2ccc(Cc3noc(C(F)(F)F)n3)cc2)cc1. The van der Waals surface area contributed by atoms with Crippen LogP contribution >= 0.6 is 0 Å². The molecule has 0 aliphatic rings. The third-order valence-electron chi connectivity index (χ3n) is 3.60. The molecule has 0 spiro atoms. The normalized spacial score (nSPS) is 11.4. The minimum Gasteiger partial charge on any atom is -0.329 e. The van der Waals surface area contributed by atoms with Crippen molar-refractivity contribution in [2.45, 2.75) is 19.5 Å². The van der Waals surface area contributed by atoms with Crippen LogP contribution in [-0.2, 0) is 12.6 Å². The molecule has 134 valence electrons. The Morgan fingerprint density at radius 3 is 2.31 bits per heavy atom. The summed E-state index contributed by atoms with van der Waals surface area (Å²) in [5.74, 6) is -1.67. The number of aromatic nitrogens is 2. The Labute approximate surface area is 146 Å². The third-order valence-corrected chi connectivity index (χ3v) is 3.60. The zero-order valence-electron chi connectivity index (χ0n) is 13.7. The zero-order chi connectivity index (χ0) is 18.7. The fourth-order valence-corrected chi connectivity index (χ4v) is 2.24. The number of carbonyl (C=O) groups excluding carboxylic acids is 1. The van der Waals surface area contributed by atoms with Gasteiger partial charge in [-0.3, -0.25) is 4.79 Å². The van der Waals surface area contributed by atoms with Crippen LogP contribution in [0.5, 0.6) is 0 Å². The van der Waals surface area contributed by atoms with E-state index in [9.17, 15) is 18.0 Å². The molecule has 0 radical (unpaired) electrons. The van der Waals surface area contributed by atoms with Gasteiger partial charge in [0, 0.05) is 17.7 Å². The lowest BCUT2D eigenvalue weighted by molar-refractivity contribution is -0.159. The molecular weight excluding hydrogens is 347 g/mol. The number of aryl methyl sites for hydroxylation is 1. The van der Waals surface area contributed by atoms with E-state index in [2.05, 4.69) is 20.0 Å².